The quantitative estimate of drug-likeness (QED) is 0.508. The summed E-state index contributed by atoms with van der Waals surface area (Å²) >= 11 is 19.2. The Kier molecular flexibility index (Phi) is 4.51. The van der Waals surface area contributed by atoms with Crippen molar-refractivity contribution in [3.8, 4) is 11.5 Å². The van der Waals surface area contributed by atoms with Crippen LogP contribution >= 0.6 is 34.8 Å². The molecular formula is C19H11Cl3N4O5. The molecule has 2 amide bonds. The largest absolute Gasteiger partial charge is 0.453 e. The lowest BCUT2D eigenvalue weighted by Crippen LogP contribution is -2.18. The first-order valence-corrected chi connectivity index (χ1v) is 10.1. The minimum atomic E-state index is -0.860. The summed E-state index contributed by atoms with van der Waals surface area (Å²) in [4.78, 5) is 37.5. The number of halogens is 3. The Hall–Kier alpha value is -3.01. The molecule has 12 heteroatoms. The van der Waals surface area contributed by atoms with E-state index in [1.54, 1.807) is 12.1 Å². The zero-order valence-corrected chi connectivity index (χ0v) is 17.6. The van der Waals surface area contributed by atoms with Gasteiger partial charge >= 0.3 is 5.76 Å². The summed E-state index contributed by atoms with van der Waals surface area (Å²) in [7, 11) is 0. The third-order valence-corrected chi connectivity index (χ3v) is 6.08. The van der Waals surface area contributed by atoms with Gasteiger partial charge in [-0.25, -0.2) is 4.79 Å². The maximum Gasteiger partial charge on any atom is 0.439 e. The molecule has 5 rings (SSSR count). The van der Waals surface area contributed by atoms with E-state index < -0.39 is 17.1 Å². The molecule has 1 fully saturated rings. The Bertz CT molecular complexity index is 1310. The number of hydrogen-bond donors (Lipinski definition) is 3. The molecule has 1 aliphatic heterocycles. The van der Waals surface area contributed by atoms with E-state index in [9.17, 15) is 14.4 Å². The number of nitrogens with zero attached hydrogens (tertiary/aromatic N) is 1. The molecule has 1 aliphatic carbocycles. The van der Waals surface area contributed by atoms with Crippen LogP contribution in [0.25, 0.3) is 0 Å². The first-order valence-electron chi connectivity index (χ1n) is 8.97. The molecule has 2 aromatic carbocycles. The number of carbonyl (C=O) groups excluding carboxylic acids is 2. The van der Waals surface area contributed by atoms with Crippen LogP contribution in [0.15, 0.2) is 33.6 Å². The second-order valence-electron chi connectivity index (χ2n) is 7.11. The first-order chi connectivity index (χ1) is 14.8. The van der Waals surface area contributed by atoms with Crippen LogP contribution in [0.3, 0.4) is 0 Å². The van der Waals surface area contributed by atoms with Crippen molar-refractivity contribution < 1.29 is 18.8 Å². The van der Waals surface area contributed by atoms with Crippen LogP contribution in [0.4, 0.5) is 11.4 Å². The number of carbonyl (C=O) groups is 2. The second kappa shape index (κ2) is 7.01. The Morgan fingerprint density at radius 2 is 1.87 bits per heavy atom. The Morgan fingerprint density at radius 3 is 2.48 bits per heavy atom. The van der Waals surface area contributed by atoms with Crippen molar-refractivity contribution >= 4 is 58.0 Å². The number of hydrogen-bond acceptors (Lipinski definition) is 6. The van der Waals surface area contributed by atoms with Gasteiger partial charge in [0, 0.05) is 16.9 Å². The van der Waals surface area contributed by atoms with Gasteiger partial charge in [0.2, 0.25) is 11.7 Å². The Labute approximate surface area is 188 Å². The summed E-state index contributed by atoms with van der Waals surface area (Å²) in [5, 5.41) is 9.14. The molecule has 3 aromatic rings. The van der Waals surface area contributed by atoms with Crippen molar-refractivity contribution in [1.29, 1.82) is 0 Å². The lowest BCUT2D eigenvalue weighted by molar-refractivity contribution is -0.117. The predicted octanol–water partition coefficient (Wildman–Crippen LogP) is 4.35. The van der Waals surface area contributed by atoms with Crippen LogP contribution in [0, 0.1) is 0 Å². The summed E-state index contributed by atoms with van der Waals surface area (Å²) < 4.78 is 10.2. The second-order valence-corrected chi connectivity index (χ2v) is 8.30. The zero-order valence-electron chi connectivity index (χ0n) is 15.3. The summed E-state index contributed by atoms with van der Waals surface area (Å²) in [6.45, 7) is 0. The van der Waals surface area contributed by atoms with Crippen LogP contribution < -0.4 is 21.1 Å². The number of H-pyrrole nitrogens is 1. The minimum Gasteiger partial charge on any atom is -0.453 e. The first kappa shape index (κ1) is 19.9. The molecule has 0 radical (unpaired) electrons. The molecule has 0 bridgehead atoms. The van der Waals surface area contributed by atoms with Crippen LogP contribution in [0.2, 0.25) is 15.1 Å². The normalized spacial score (nSPS) is 15.5. The lowest BCUT2D eigenvalue weighted by Gasteiger charge is -2.15. The maximum absolute atomic E-state index is 12.3. The number of benzene rings is 2. The summed E-state index contributed by atoms with van der Waals surface area (Å²) in [5.41, 5.74) is 1.04. The topological polar surface area (TPSA) is 126 Å². The Morgan fingerprint density at radius 1 is 1.16 bits per heavy atom. The number of ether oxygens (including phenoxy) is 1. The highest BCUT2D eigenvalue weighted by molar-refractivity contribution is 6.38. The highest BCUT2D eigenvalue weighted by Crippen LogP contribution is 2.59. The van der Waals surface area contributed by atoms with Crippen LogP contribution in [0.1, 0.15) is 29.0 Å². The zero-order chi connectivity index (χ0) is 21.9. The van der Waals surface area contributed by atoms with E-state index in [0.717, 1.165) is 18.4 Å². The average Bonchev–Trinajstić information content (AvgIpc) is 3.30. The fraction of sp³-hybridized carbons (Fsp3) is 0.158. The number of nitrogens with one attached hydrogen (secondary N) is 3. The van der Waals surface area contributed by atoms with Crippen LogP contribution in [-0.4, -0.2) is 22.0 Å². The van der Waals surface area contributed by atoms with Crippen LogP contribution in [-0.2, 0) is 10.2 Å². The molecule has 3 N–H and O–H groups in total. The van der Waals surface area contributed by atoms with Gasteiger partial charge in [0.15, 0.2) is 5.75 Å². The van der Waals surface area contributed by atoms with Gasteiger partial charge in [-0.15, -0.1) is 0 Å². The van der Waals surface area contributed by atoms with E-state index in [-0.39, 0.29) is 33.2 Å². The van der Waals surface area contributed by atoms with Gasteiger partial charge in [0.1, 0.15) is 5.75 Å². The molecule has 1 aromatic heterocycles. The van der Waals surface area contributed by atoms with Gasteiger partial charge in [0.05, 0.1) is 20.5 Å². The number of anilines is 2. The smallest absolute Gasteiger partial charge is 0.439 e. The summed E-state index contributed by atoms with van der Waals surface area (Å²) in [6.07, 6.45) is 1.45. The number of rotatable bonds is 4. The summed E-state index contributed by atoms with van der Waals surface area (Å²) in [6, 6.07) is 6.16. The Balaban J connectivity index is 1.42. The van der Waals surface area contributed by atoms with Gasteiger partial charge in [-0.2, -0.15) is 0 Å². The standard InChI is InChI=1S/C19H11Cl3N4O5/c20-8-5-7(23-16(27)15-25-18(29)31-26-15)6-9(21)14(8)30-11-2-1-10-12(13(11)22)19(3-4-19)17(28)24-10/h1-2,5-6H,3-4H2,(H,23,27)(H,24,28)(H,25,26,29). The molecule has 31 heavy (non-hydrogen) atoms. The molecule has 0 saturated heterocycles. The number of amides is 2. The highest BCUT2D eigenvalue weighted by atomic mass is 35.5. The van der Waals surface area contributed by atoms with E-state index >= 15 is 0 Å². The average molecular weight is 482 g/mol. The van der Waals surface area contributed by atoms with Gasteiger partial charge in [-0.3, -0.25) is 19.1 Å². The molecule has 0 atom stereocenters. The van der Waals surface area contributed by atoms with E-state index in [1.807, 2.05) is 0 Å². The van der Waals surface area contributed by atoms with Crippen molar-refractivity contribution in [3.63, 3.8) is 0 Å². The third kappa shape index (κ3) is 3.25. The molecule has 9 nitrogen and oxygen atoms in total. The molecule has 1 spiro atoms. The molecule has 2 heterocycles. The summed E-state index contributed by atoms with van der Waals surface area (Å²) in [5.74, 6) is -1.53. The van der Waals surface area contributed by atoms with Crippen molar-refractivity contribution in [2.75, 3.05) is 10.6 Å². The molecule has 2 aliphatic rings. The maximum atomic E-state index is 12.3. The van der Waals surface area contributed by atoms with Gasteiger partial charge in [0.25, 0.3) is 5.91 Å². The molecular weight excluding hydrogens is 471 g/mol. The monoisotopic (exact) mass is 480 g/mol. The van der Waals surface area contributed by atoms with Gasteiger partial charge < -0.3 is 15.4 Å². The predicted molar refractivity (Wildman–Crippen MR) is 113 cm³/mol. The van der Waals surface area contributed by atoms with Crippen molar-refractivity contribution in [2.24, 2.45) is 0 Å². The van der Waals surface area contributed by atoms with Crippen LogP contribution in [0.5, 0.6) is 11.5 Å². The lowest BCUT2D eigenvalue weighted by atomic mass is 9.97. The van der Waals surface area contributed by atoms with E-state index in [0.29, 0.717) is 16.5 Å². The molecule has 158 valence electrons. The highest BCUT2D eigenvalue weighted by Gasteiger charge is 2.57. The number of fused-ring (bicyclic) bond motifs is 2. The number of aromatic amines is 1. The van der Waals surface area contributed by atoms with E-state index in [1.165, 1.54) is 12.1 Å². The van der Waals surface area contributed by atoms with Crippen molar-refractivity contribution in [2.45, 2.75) is 18.3 Å². The molecule has 0 unspecified atom stereocenters. The van der Waals surface area contributed by atoms with Crippen molar-refractivity contribution in [1.82, 2.24) is 10.1 Å². The van der Waals surface area contributed by atoms with Crippen molar-refractivity contribution in [3.05, 3.63) is 61.3 Å². The third-order valence-electron chi connectivity index (χ3n) is 5.14. The van der Waals surface area contributed by atoms with Gasteiger partial charge in [-0.05, 0) is 42.3 Å². The minimum absolute atomic E-state index is 0.0637. The number of aromatic nitrogens is 2. The fourth-order valence-corrected chi connectivity index (χ4v) is 4.47. The fourth-order valence-electron chi connectivity index (χ4n) is 3.52. The van der Waals surface area contributed by atoms with Gasteiger partial charge in [-0.1, -0.05) is 34.8 Å². The molecule has 1 saturated carbocycles. The van der Waals surface area contributed by atoms with E-state index in [4.69, 9.17) is 39.5 Å². The van der Waals surface area contributed by atoms with E-state index in [2.05, 4.69) is 25.3 Å². The SMILES string of the molecule is O=C(Nc1cc(Cl)c(Oc2ccc3c(c2Cl)C2(CC2)C(=O)N3)c(Cl)c1)c1noc(=O)[nH]1.